The lowest BCUT2D eigenvalue weighted by Gasteiger charge is -2.38. The van der Waals surface area contributed by atoms with E-state index in [1.807, 2.05) is 6.26 Å². The van der Waals surface area contributed by atoms with Gasteiger partial charge in [0.15, 0.2) is 9.84 Å². The summed E-state index contributed by atoms with van der Waals surface area (Å²) in [6.45, 7) is -1.34. The fourth-order valence-electron chi connectivity index (χ4n) is 3.41. The van der Waals surface area contributed by atoms with Gasteiger partial charge in [-0.3, -0.25) is 0 Å². The molecule has 0 amide bonds. The molecular weight excluding hydrogens is 425 g/mol. The van der Waals surface area contributed by atoms with Crippen LogP contribution in [0.4, 0.5) is 13.2 Å². The zero-order valence-electron chi connectivity index (χ0n) is 15.9. The summed E-state index contributed by atoms with van der Waals surface area (Å²) in [6, 6.07) is 9.82. The van der Waals surface area contributed by atoms with Gasteiger partial charge in [0.05, 0.1) is 15.7 Å². The van der Waals surface area contributed by atoms with E-state index in [9.17, 15) is 21.6 Å². The molecule has 2 aromatic carbocycles. The van der Waals surface area contributed by atoms with Gasteiger partial charge in [0.1, 0.15) is 11.6 Å². The molecule has 1 aliphatic heterocycles. The van der Waals surface area contributed by atoms with Gasteiger partial charge in [0, 0.05) is 17.1 Å². The van der Waals surface area contributed by atoms with E-state index in [2.05, 4.69) is 4.74 Å². The lowest BCUT2D eigenvalue weighted by molar-refractivity contribution is -0.0499. The predicted molar refractivity (Wildman–Crippen MR) is 105 cm³/mol. The zero-order chi connectivity index (χ0) is 21.2. The van der Waals surface area contributed by atoms with Crippen LogP contribution in [0.2, 0.25) is 0 Å². The van der Waals surface area contributed by atoms with Gasteiger partial charge in [-0.2, -0.15) is 8.78 Å². The fourth-order valence-corrected chi connectivity index (χ4v) is 5.66. The van der Waals surface area contributed by atoms with E-state index in [0.717, 1.165) is 11.0 Å². The van der Waals surface area contributed by atoms with Gasteiger partial charge in [0.2, 0.25) is 0 Å². The second kappa shape index (κ2) is 8.57. The fraction of sp³-hybridized carbons (Fsp3) is 0.400. The molecule has 29 heavy (non-hydrogen) atoms. The summed E-state index contributed by atoms with van der Waals surface area (Å²) in [5.41, 5.74) is 0.304. The van der Waals surface area contributed by atoms with Gasteiger partial charge >= 0.3 is 6.61 Å². The summed E-state index contributed by atoms with van der Waals surface area (Å²) in [5.74, 6) is -0.678. The minimum atomic E-state index is -3.92. The minimum Gasteiger partial charge on any atom is -0.435 e. The molecule has 2 unspecified atom stereocenters. The molecule has 0 aliphatic carbocycles. The van der Waals surface area contributed by atoms with Gasteiger partial charge in [-0.05, 0) is 56.4 Å². The van der Waals surface area contributed by atoms with E-state index >= 15 is 0 Å². The average Bonchev–Trinajstić information content (AvgIpc) is 2.67. The largest absolute Gasteiger partial charge is 0.435 e. The molecule has 2 atom stereocenters. The maximum atomic E-state index is 14.5. The van der Waals surface area contributed by atoms with Crippen LogP contribution in [0.3, 0.4) is 0 Å². The molecule has 9 heteroatoms. The highest BCUT2D eigenvalue weighted by molar-refractivity contribution is 7.98. The van der Waals surface area contributed by atoms with Crippen LogP contribution in [0.15, 0.2) is 52.3 Å². The Morgan fingerprint density at radius 3 is 2.66 bits per heavy atom. The molecule has 2 aromatic rings. The maximum Gasteiger partial charge on any atom is 0.387 e. The Morgan fingerprint density at radius 1 is 1.24 bits per heavy atom. The monoisotopic (exact) mass is 446 g/mol. The Labute approximate surface area is 172 Å². The molecule has 0 saturated carbocycles. The third-order valence-electron chi connectivity index (χ3n) is 5.11. The normalized spacial score (nSPS) is 22.6. The topological polar surface area (TPSA) is 52.6 Å². The standard InChI is InChI=1S/C20H21F3O4S2/c1-20(29(24,25)15-5-3-4-13(10-15)27-19(22)23)8-9-26-18(12-20)16-7-6-14(28-2)11-17(16)21/h3-7,10-11,18-19H,8-9,12H2,1-2H3. The number of rotatable bonds is 6. The van der Waals surface area contributed by atoms with Crippen molar-refractivity contribution in [1.82, 2.24) is 0 Å². The van der Waals surface area contributed by atoms with E-state index in [-0.39, 0.29) is 30.1 Å². The highest BCUT2D eigenvalue weighted by atomic mass is 32.2. The second-order valence-corrected chi connectivity index (χ2v) is 10.4. The lowest BCUT2D eigenvalue weighted by Crippen LogP contribution is -2.42. The number of thioether (sulfide) groups is 1. The van der Waals surface area contributed by atoms with E-state index in [1.165, 1.54) is 36.0 Å². The van der Waals surface area contributed by atoms with Crippen molar-refractivity contribution in [1.29, 1.82) is 0 Å². The summed E-state index contributed by atoms with van der Waals surface area (Å²) in [6.07, 6.45) is 1.36. The maximum absolute atomic E-state index is 14.5. The van der Waals surface area contributed by atoms with Gasteiger partial charge in [0.25, 0.3) is 0 Å². The Bertz CT molecular complexity index is 981. The van der Waals surface area contributed by atoms with Crippen LogP contribution in [-0.2, 0) is 14.6 Å². The third-order valence-corrected chi connectivity index (χ3v) is 8.38. The molecule has 158 valence electrons. The van der Waals surface area contributed by atoms with Crippen LogP contribution in [0.25, 0.3) is 0 Å². The van der Waals surface area contributed by atoms with Crippen LogP contribution >= 0.6 is 11.8 Å². The third kappa shape index (κ3) is 4.57. The smallest absolute Gasteiger partial charge is 0.387 e. The van der Waals surface area contributed by atoms with E-state index < -0.39 is 33.1 Å². The highest BCUT2D eigenvalue weighted by Gasteiger charge is 2.45. The zero-order valence-corrected chi connectivity index (χ0v) is 17.5. The van der Waals surface area contributed by atoms with Crippen LogP contribution in [0.1, 0.15) is 31.4 Å². The van der Waals surface area contributed by atoms with Crippen molar-refractivity contribution in [3.8, 4) is 5.75 Å². The van der Waals surface area contributed by atoms with Crippen LogP contribution in [0, 0.1) is 5.82 Å². The summed E-state index contributed by atoms with van der Waals surface area (Å²) < 4.78 is 74.9. The van der Waals surface area contributed by atoms with Crippen molar-refractivity contribution >= 4 is 21.6 Å². The van der Waals surface area contributed by atoms with Crippen LogP contribution in [-0.4, -0.2) is 32.6 Å². The number of ether oxygens (including phenoxy) is 2. The van der Waals surface area contributed by atoms with Gasteiger partial charge < -0.3 is 9.47 Å². The Balaban J connectivity index is 1.91. The molecule has 0 bridgehead atoms. The summed E-state index contributed by atoms with van der Waals surface area (Å²) in [4.78, 5) is 0.644. The lowest BCUT2D eigenvalue weighted by atomic mass is 9.92. The first kappa shape index (κ1) is 22.0. The van der Waals surface area contributed by atoms with E-state index in [4.69, 9.17) is 4.74 Å². The van der Waals surface area contributed by atoms with Crippen molar-refractivity contribution in [2.24, 2.45) is 0 Å². The quantitative estimate of drug-likeness (QED) is 0.569. The summed E-state index contributed by atoms with van der Waals surface area (Å²) in [7, 11) is -3.92. The molecular formula is C20H21F3O4S2. The summed E-state index contributed by atoms with van der Waals surface area (Å²) >= 11 is 1.40. The number of alkyl halides is 2. The Hall–Kier alpha value is -1.71. The average molecular weight is 447 g/mol. The molecule has 0 aromatic heterocycles. The Morgan fingerprint density at radius 2 is 2.00 bits per heavy atom. The molecule has 4 nitrogen and oxygen atoms in total. The minimum absolute atomic E-state index is 0.0464. The first-order chi connectivity index (χ1) is 13.7. The van der Waals surface area contributed by atoms with E-state index in [1.54, 1.807) is 19.1 Å². The van der Waals surface area contributed by atoms with Gasteiger partial charge in [-0.1, -0.05) is 12.1 Å². The summed E-state index contributed by atoms with van der Waals surface area (Å²) in [5, 5.41) is 0. The van der Waals surface area contributed by atoms with E-state index in [0.29, 0.717) is 5.56 Å². The van der Waals surface area contributed by atoms with Crippen molar-refractivity contribution in [3.63, 3.8) is 0 Å². The van der Waals surface area contributed by atoms with Gasteiger partial charge in [-0.15, -0.1) is 11.8 Å². The predicted octanol–water partition coefficient (Wildman–Crippen LogP) is 5.23. The first-order valence-corrected chi connectivity index (χ1v) is 11.6. The molecule has 1 saturated heterocycles. The molecule has 0 radical (unpaired) electrons. The highest BCUT2D eigenvalue weighted by Crippen LogP contribution is 2.43. The molecule has 1 heterocycles. The number of sulfone groups is 1. The number of halogens is 3. The van der Waals surface area contributed by atoms with Crippen LogP contribution in [0.5, 0.6) is 5.75 Å². The molecule has 1 aliphatic rings. The number of hydrogen-bond acceptors (Lipinski definition) is 5. The molecule has 0 N–H and O–H groups in total. The van der Waals surface area contributed by atoms with Crippen molar-refractivity contribution in [3.05, 3.63) is 53.8 Å². The second-order valence-electron chi connectivity index (χ2n) is 7.01. The SMILES string of the molecule is CSc1ccc(C2CC(C)(S(=O)(=O)c3cccc(OC(F)F)c3)CCO2)c(F)c1. The Kier molecular flexibility index (Phi) is 6.50. The number of hydrogen-bond donors (Lipinski definition) is 0. The first-order valence-electron chi connectivity index (χ1n) is 8.91. The van der Waals surface area contributed by atoms with Crippen molar-refractivity contribution in [2.75, 3.05) is 12.9 Å². The molecule has 0 spiro atoms. The molecule has 3 rings (SSSR count). The van der Waals surface area contributed by atoms with Crippen LogP contribution < -0.4 is 4.74 Å². The molecule has 1 fully saturated rings. The van der Waals surface area contributed by atoms with Crippen molar-refractivity contribution in [2.45, 2.75) is 47.0 Å². The number of benzene rings is 2. The van der Waals surface area contributed by atoms with Crippen molar-refractivity contribution < 1.29 is 31.1 Å². The van der Waals surface area contributed by atoms with Gasteiger partial charge in [-0.25, -0.2) is 12.8 Å².